The van der Waals surface area contributed by atoms with Gasteiger partial charge in [0, 0.05) is 16.5 Å². The number of aryl methyl sites for hydroxylation is 1. The van der Waals surface area contributed by atoms with Crippen LogP contribution in [-0.2, 0) is 0 Å². The molecule has 3 rings (SSSR count). The number of hydrogen-bond donors (Lipinski definition) is 1. The van der Waals surface area contributed by atoms with Crippen molar-refractivity contribution < 1.29 is 4.74 Å². The lowest BCUT2D eigenvalue weighted by atomic mass is 10.2. The third-order valence-electron chi connectivity index (χ3n) is 3.18. The molecule has 0 aliphatic heterocycles. The molecular formula is C17H16ClN3OS2. The number of halogens is 1. The Kier molecular flexibility index (Phi) is 5.96. The fraction of sp³-hybridized carbons (Fsp3) is 0.176. The van der Waals surface area contributed by atoms with E-state index in [9.17, 15) is 0 Å². The van der Waals surface area contributed by atoms with Crippen LogP contribution in [-0.4, -0.2) is 22.6 Å². The first kappa shape index (κ1) is 17.1. The van der Waals surface area contributed by atoms with Crippen LogP contribution < -0.4 is 10.1 Å². The Morgan fingerprint density at radius 3 is 2.71 bits per heavy atom. The van der Waals surface area contributed by atoms with Crippen LogP contribution in [0, 0.1) is 6.92 Å². The predicted octanol–water partition coefficient (Wildman–Crippen LogP) is 5.41. The number of aromatic nitrogens is 2. The van der Waals surface area contributed by atoms with E-state index in [1.165, 1.54) is 5.56 Å². The van der Waals surface area contributed by atoms with Crippen LogP contribution in [0.3, 0.4) is 0 Å². The topological polar surface area (TPSA) is 47.0 Å². The average molecular weight is 378 g/mol. The molecule has 7 heteroatoms. The number of anilines is 2. The van der Waals surface area contributed by atoms with Gasteiger partial charge in [-0.1, -0.05) is 52.9 Å². The second-order valence-electron chi connectivity index (χ2n) is 4.96. The maximum atomic E-state index is 5.84. The summed E-state index contributed by atoms with van der Waals surface area (Å²) >= 11 is 9.02. The van der Waals surface area contributed by atoms with Crippen LogP contribution in [0.1, 0.15) is 5.56 Å². The minimum atomic E-state index is 0.604. The van der Waals surface area contributed by atoms with E-state index in [1.807, 2.05) is 42.5 Å². The summed E-state index contributed by atoms with van der Waals surface area (Å²) in [7, 11) is 0. The second-order valence-corrected chi connectivity index (χ2v) is 7.72. The summed E-state index contributed by atoms with van der Waals surface area (Å²) in [5, 5.41) is 13.2. The number of para-hydroxylation sites is 1. The molecule has 0 unspecified atom stereocenters. The van der Waals surface area contributed by atoms with Gasteiger partial charge in [0.1, 0.15) is 5.75 Å². The van der Waals surface area contributed by atoms with Gasteiger partial charge in [-0.3, -0.25) is 0 Å². The molecule has 0 saturated heterocycles. The zero-order chi connectivity index (χ0) is 16.8. The maximum absolute atomic E-state index is 5.84. The summed E-state index contributed by atoms with van der Waals surface area (Å²) in [5.41, 5.74) is 2.23. The van der Waals surface area contributed by atoms with Gasteiger partial charge in [0.25, 0.3) is 0 Å². The van der Waals surface area contributed by atoms with Gasteiger partial charge in [-0.25, -0.2) is 0 Å². The SMILES string of the molecule is Cc1ccccc1Nc1nnc(SCCOc2ccc(Cl)cc2)s1. The molecule has 24 heavy (non-hydrogen) atoms. The van der Waals surface area contributed by atoms with Gasteiger partial charge in [-0.2, -0.15) is 0 Å². The molecule has 1 aromatic heterocycles. The van der Waals surface area contributed by atoms with E-state index in [0.29, 0.717) is 11.6 Å². The minimum Gasteiger partial charge on any atom is -0.493 e. The summed E-state index contributed by atoms with van der Waals surface area (Å²) in [4.78, 5) is 0. The first-order chi connectivity index (χ1) is 11.7. The van der Waals surface area contributed by atoms with Gasteiger partial charge in [0.2, 0.25) is 5.13 Å². The van der Waals surface area contributed by atoms with Gasteiger partial charge < -0.3 is 10.1 Å². The van der Waals surface area contributed by atoms with Crippen molar-refractivity contribution in [3.05, 3.63) is 59.1 Å². The molecule has 0 aliphatic rings. The third kappa shape index (κ3) is 4.87. The standard InChI is InChI=1S/C17H16ClN3OS2/c1-12-4-2-3-5-15(12)19-16-20-21-17(24-16)23-11-10-22-14-8-6-13(18)7-9-14/h2-9H,10-11H2,1H3,(H,19,20). The van der Waals surface area contributed by atoms with Crippen molar-refractivity contribution >= 4 is 45.5 Å². The van der Waals surface area contributed by atoms with Crippen molar-refractivity contribution in [3.63, 3.8) is 0 Å². The molecule has 124 valence electrons. The van der Waals surface area contributed by atoms with Crippen LogP contribution >= 0.6 is 34.7 Å². The van der Waals surface area contributed by atoms with E-state index in [1.54, 1.807) is 23.1 Å². The minimum absolute atomic E-state index is 0.604. The normalized spacial score (nSPS) is 10.6. The largest absolute Gasteiger partial charge is 0.493 e. The summed E-state index contributed by atoms with van der Waals surface area (Å²) in [6.07, 6.45) is 0. The van der Waals surface area contributed by atoms with Crippen LogP contribution in [0.4, 0.5) is 10.8 Å². The number of rotatable bonds is 7. The Labute approximate surface area is 154 Å². The lowest BCUT2D eigenvalue weighted by Gasteiger charge is -2.05. The van der Waals surface area contributed by atoms with Crippen LogP contribution in [0.15, 0.2) is 52.9 Å². The van der Waals surface area contributed by atoms with Gasteiger partial charge in [0.05, 0.1) is 6.61 Å². The van der Waals surface area contributed by atoms with Crippen molar-refractivity contribution in [3.8, 4) is 5.75 Å². The molecule has 0 amide bonds. The first-order valence-electron chi connectivity index (χ1n) is 7.38. The molecule has 0 spiro atoms. The highest BCUT2D eigenvalue weighted by Gasteiger charge is 2.06. The Bertz CT molecular complexity index is 793. The molecule has 0 fully saturated rings. The van der Waals surface area contributed by atoms with Crippen molar-refractivity contribution in [2.75, 3.05) is 17.7 Å². The van der Waals surface area contributed by atoms with E-state index >= 15 is 0 Å². The molecule has 1 heterocycles. The monoisotopic (exact) mass is 377 g/mol. The number of ether oxygens (including phenoxy) is 1. The average Bonchev–Trinajstić information content (AvgIpc) is 3.03. The summed E-state index contributed by atoms with van der Waals surface area (Å²) in [5.74, 6) is 1.63. The Morgan fingerprint density at radius 2 is 1.92 bits per heavy atom. The molecule has 3 aromatic rings. The molecule has 0 radical (unpaired) electrons. The molecule has 2 aromatic carbocycles. The van der Waals surface area contributed by atoms with E-state index in [-0.39, 0.29) is 0 Å². The Morgan fingerprint density at radius 1 is 1.12 bits per heavy atom. The van der Waals surface area contributed by atoms with Crippen LogP contribution in [0.2, 0.25) is 5.02 Å². The molecule has 1 N–H and O–H groups in total. The highest BCUT2D eigenvalue weighted by molar-refractivity contribution is 8.01. The fourth-order valence-electron chi connectivity index (χ4n) is 1.97. The van der Waals surface area contributed by atoms with Crippen LogP contribution in [0.25, 0.3) is 0 Å². The van der Waals surface area contributed by atoms with Gasteiger partial charge in [-0.15, -0.1) is 10.2 Å². The lowest BCUT2D eigenvalue weighted by molar-refractivity contribution is 0.344. The molecule has 0 bridgehead atoms. The predicted molar refractivity (Wildman–Crippen MR) is 102 cm³/mol. The van der Waals surface area contributed by atoms with E-state index < -0.39 is 0 Å². The Hall–Kier alpha value is -1.76. The van der Waals surface area contributed by atoms with Crippen molar-refractivity contribution in [1.82, 2.24) is 10.2 Å². The Balaban J connectivity index is 1.46. The highest BCUT2D eigenvalue weighted by atomic mass is 35.5. The molecule has 4 nitrogen and oxygen atoms in total. The second kappa shape index (κ2) is 8.37. The number of nitrogens with one attached hydrogen (secondary N) is 1. The first-order valence-corrected chi connectivity index (χ1v) is 9.56. The highest BCUT2D eigenvalue weighted by Crippen LogP contribution is 2.28. The molecular weight excluding hydrogens is 362 g/mol. The van der Waals surface area contributed by atoms with Crippen molar-refractivity contribution in [2.24, 2.45) is 0 Å². The zero-order valence-electron chi connectivity index (χ0n) is 13.0. The van der Waals surface area contributed by atoms with E-state index in [0.717, 1.165) is 26.7 Å². The third-order valence-corrected chi connectivity index (χ3v) is 5.37. The molecule has 0 aliphatic carbocycles. The van der Waals surface area contributed by atoms with Gasteiger partial charge in [0.15, 0.2) is 4.34 Å². The summed E-state index contributed by atoms with van der Waals surface area (Å²) < 4.78 is 6.58. The van der Waals surface area contributed by atoms with E-state index in [2.05, 4.69) is 28.5 Å². The number of thioether (sulfide) groups is 1. The maximum Gasteiger partial charge on any atom is 0.210 e. The number of benzene rings is 2. The number of hydrogen-bond acceptors (Lipinski definition) is 6. The van der Waals surface area contributed by atoms with Gasteiger partial charge in [-0.05, 0) is 42.8 Å². The molecule has 0 saturated carbocycles. The van der Waals surface area contributed by atoms with E-state index in [4.69, 9.17) is 16.3 Å². The number of nitrogens with zero attached hydrogens (tertiary/aromatic N) is 2. The summed E-state index contributed by atoms with van der Waals surface area (Å²) in [6, 6.07) is 15.5. The van der Waals surface area contributed by atoms with Crippen LogP contribution in [0.5, 0.6) is 5.75 Å². The lowest BCUT2D eigenvalue weighted by Crippen LogP contribution is -1.99. The fourth-order valence-corrected chi connectivity index (χ4v) is 3.74. The quantitative estimate of drug-likeness (QED) is 0.440. The zero-order valence-corrected chi connectivity index (χ0v) is 15.4. The summed E-state index contributed by atoms with van der Waals surface area (Å²) in [6.45, 7) is 2.67. The van der Waals surface area contributed by atoms with Crippen molar-refractivity contribution in [2.45, 2.75) is 11.3 Å². The van der Waals surface area contributed by atoms with Crippen molar-refractivity contribution in [1.29, 1.82) is 0 Å². The van der Waals surface area contributed by atoms with Gasteiger partial charge >= 0.3 is 0 Å². The molecule has 0 atom stereocenters. The smallest absolute Gasteiger partial charge is 0.210 e.